The number of nitrogens with zero attached hydrogens (tertiary/aromatic N) is 1. The smallest absolute Gasteiger partial charge is 0.0909 e. The number of H-pyrrole nitrogens is 1. The summed E-state index contributed by atoms with van der Waals surface area (Å²) in [7, 11) is 0. The highest BCUT2D eigenvalue weighted by molar-refractivity contribution is 6.35. The molecular formula is C12H9ClN2. The number of hydrogen-bond donors (Lipinski definition) is 1. The zero-order valence-corrected chi connectivity index (χ0v) is 8.97. The van der Waals surface area contributed by atoms with Crippen molar-refractivity contribution >= 4 is 33.4 Å². The van der Waals surface area contributed by atoms with Crippen LogP contribution in [0.15, 0.2) is 30.6 Å². The Kier molecular flexibility index (Phi) is 1.73. The first-order chi connectivity index (χ1) is 7.27. The Bertz CT molecular complexity index is 655. The van der Waals surface area contributed by atoms with E-state index in [4.69, 9.17) is 11.6 Å². The van der Waals surface area contributed by atoms with E-state index in [1.807, 2.05) is 30.6 Å². The molecule has 2 heterocycles. The van der Waals surface area contributed by atoms with Crippen LogP contribution in [0.5, 0.6) is 0 Å². The van der Waals surface area contributed by atoms with Crippen molar-refractivity contribution in [2.24, 2.45) is 0 Å². The first-order valence-corrected chi connectivity index (χ1v) is 5.16. The summed E-state index contributed by atoms with van der Waals surface area (Å²) in [6.45, 7) is 2.07. The number of pyridine rings is 1. The molecule has 15 heavy (non-hydrogen) atoms. The number of hydrogen-bond acceptors (Lipinski definition) is 1. The van der Waals surface area contributed by atoms with Gasteiger partial charge in [0.2, 0.25) is 0 Å². The van der Waals surface area contributed by atoms with E-state index < -0.39 is 0 Å². The molecule has 0 saturated heterocycles. The third kappa shape index (κ3) is 1.15. The number of nitrogens with one attached hydrogen (secondary N) is 1. The van der Waals surface area contributed by atoms with E-state index in [1.54, 1.807) is 0 Å². The number of aromatic amines is 1. The van der Waals surface area contributed by atoms with Crippen LogP contribution in [0.4, 0.5) is 0 Å². The third-order valence-corrected chi connectivity index (χ3v) is 3.01. The Hall–Kier alpha value is -1.54. The molecular weight excluding hydrogens is 208 g/mol. The summed E-state index contributed by atoms with van der Waals surface area (Å²) in [5.74, 6) is 0. The van der Waals surface area contributed by atoms with Crippen LogP contribution in [0.2, 0.25) is 5.02 Å². The van der Waals surface area contributed by atoms with Crippen LogP contribution in [-0.2, 0) is 0 Å². The molecule has 0 saturated carbocycles. The first-order valence-electron chi connectivity index (χ1n) is 4.78. The van der Waals surface area contributed by atoms with Crippen molar-refractivity contribution in [2.45, 2.75) is 6.92 Å². The maximum Gasteiger partial charge on any atom is 0.0909 e. The molecule has 3 aromatic rings. The highest BCUT2D eigenvalue weighted by Gasteiger charge is 2.06. The van der Waals surface area contributed by atoms with Crippen molar-refractivity contribution in [2.75, 3.05) is 0 Å². The van der Waals surface area contributed by atoms with Crippen LogP contribution in [-0.4, -0.2) is 9.97 Å². The van der Waals surface area contributed by atoms with Gasteiger partial charge in [0.25, 0.3) is 0 Å². The Balaban J connectivity index is 2.61. The number of benzene rings is 1. The van der Waals surface area contributed by atoms with Gasteiger partial charge in [-0.05, 0) is 18.6 Å². The van der Waals surface area contributed by atoms with Gasteiger partial charge in [-0.25, -0.2) is 0 Å². The third-order valence-electron chi connectivity index (χ3n) is 2.71. The zero-order chi connectivity index (χ0) is 10.4. The van der Waals surface area contributed by atoms with Crippen molar-refractivity contribution in [3.63, 3.8) is 0 Å². The second-order valence-corrected chi connectivity index (χ2v) is 4.06. The molecule has 0 aliphatic rings. The largest absolute Gasteiger partial charge is 0.360 e. The highest BCUT2D eigenvalue weighted by Crippen LogP contribution is 2.28. The lowest BCUT2D eigenvalue weighted by atomic mass is 10.1. The normalized spacial score (nSPS) is 11.3. The summed E-state index contributed by atoms with van der Waals surface area (Å²) in [6.07, 6.45) is 3.86. The van der Waals surface area contributed by atoms with E-state index in [2.05, 4.69) is 16.9 Å². The van der Waals surface area contributed by atoms with Gasteiger partial charge >= 0.3 is 0 Å². The summed E-state index contributed by atoms with van der Waals surface area (Å²) in [4.78, 5) is 7.65. The van der Waals surface area contributed by atoms with Crippen LogP contribution >= 0.6 is 11.6 Å². The lowest BCUT2D eigenvalue weighted by Crippen LogP contribution is -1.81. The minimum absolute atomic E-state index is 0.696. The molecule has 3 rings (SSSR count). The van der Waals surface area contributed by atoms with Crippen LogP contribution in [0.3, 0.4) is 0 Å². The van der Waals surface area contributed by atoms with E-state index in [1.165, 1.54) is 5.56 Å². The monoisotopic (exact) mass is 216 g/mol. The lowest BCUT2D eigenvalue weighted by molar-refractivity contribution is 1.43. The fourth-order valence-corrected chi connectivity index (χ4v) is 2.12. The molecule has 1 N–H and O–H groups in total. The minimum Gasteiger partial charge on any atom is -0.360 e. The summed E-state index contributed by atoms with van der Waals surface area (Å²) in [5, 5.41) is 2.93. The Labute approximate surface area is 91.9 Å². The highest BCUT2D eigenvalue weighted by atomic mass is 35.5. The molecule has 0 unspecified atom stereocenters. The summed E-state index contributed by atoms with van der Waals surface area (Å²) < 4.78 is 0. The predicted molar refractivity (Wildman–Crippen MR) is 63.3 cm³/mol. The molecule has 0 atom stereocenters. The molecule has 0 aliphatic carbocycles. The van der Waals surface area contributed by atoms with Crippen LogP contribution in [0.25, 0.3) is 21.8 Å². The fraction of sp³-hybridized carbons (Fsp3) is 0.0833. The maximum atomic E-state index is 6.09. The summed E-state index contributed by atoms with van der Waals surface area (Å²) in [5.41, 5.74) is 3.17. The van der Waals surface area contributed by atoms with Gasteiger partial charge in [0, 0.05) is 23.2 Å². The molecule has 0 bridgehead atoms. The summed E-state index contributed by atoms with van der Waals surface area (Å²) >= 11 is 6.09. The van der Waals surface area contributed by atoms with Crippen molar-refractivity contribution in [1.82, 2.24) is 9.97 Å². The fourth-order valence-electron chi connectivity index (χ4n) is 1.90. The summed E-state index contributed by atoms with van der Waals surface area (Å²) in [6, 6.07) is 5.84. The topological polar surface area (TPSA) is 28.7 Å². The molecule has 0 radical (unpaired) electrons. The van der Waals surface area contributed by atoms with Crippen molar-refractivity contribution in [1.29, 1.82) is 0 Å². The zero-order valence-electron chi connectivity index (χ0n) is 8.21. The first kappa shape index (κ1) is 8.74. The maximum absolute atomic E-state index is 6.09. The second-order valence-electron chi connectivity index (χ2n) is 3.65. The van der Waals surface area contributed by atoms with Gasteiger partial charge < -0.3 is 4.98 Å². The quantitative estimate of drug-likeness (QED) is 0.610. The van der Waals surface area contributed by atoms with Gasteiger partial charge in [0.05, 0.1) is 16.1 Å². The van der Waals surface area contributed by atoms with Gasteiger partial charge in [-0.2, -0.15) is 0 Å². The van der Waals surface area contributed by atoms with E-state index >= 15 is 0 Å². The van der Waals surface area contributed by atoms with E-state index in [0.29, 0.717) is 5.02 Å². The van der Waals surface area contributed by atoms with Crippen molar-refractivity contribution < 1.29 is 0 Å². The molecule has 2 aromatic heterocycles. The van der Waals surface area contributed by atoms with Crippen molar-refractivity contribution in [3.8, 4) is 0 Å². The number of fused-ring (bicyclic) bond motifs is 3. The van der Waals surface area contributed by atoms with Gasteiger partial charge in [0.1, 0.15) is 0 Å². The number of aryl methyl sites for hydroxylation is 1. The van der Waals surface area contributed by atoms with Crippen molar-refractivity contribution in [3.05, 3.63) is 41.2 Å². The molecule has 0 aliphatic heterocycles. The average Bonchev–Trinajstić information content (AvgIpc) is 2.61. The number of aromatic nitrogens is 2. The lowest BCUT2D eigenvalue weighted by Gasteiger charge is -2.00. The van der Waals surface area contributed by atoms with Crippen LogP contribution < -0.4 is 0 Å². The van der Waals surface area contributed by atoms with E-state index in [-0.39, 0.29) is 0 Å². The predicted octanol–water partition coefficient (Wildman–Crippen LogP) is 3.68. The van der Waals surface area contributed by atoms with E-state index in [9.17, 15) is 0 Å². The SMILES string of the molecule is Cc1c[nH]c2c1cnc1c(Cl)cccc12. The standard InChI is InChI=1S/C12H9ClN2/c1-7-5-14-11-8-3-2-4-10(13)12(8)15-6-9(7)11/h2-6,14H,1H3. The van der Waals surface area contributed by atoms with Gasteiger partial charge in [-0.3, -0.25) is 4.98 Å². The average molecular weight is 217 g/mol. The molecule has 0 fully saturated rings. The second kappa shape index (κ2) is 2.97. The molecule has 0 spiro atoms. The number of para-hydroxylation sites is 1. The molecule has 1 aromatic carbocycles. The Morgan fingerprint density at radius 1 is 1.27 bits per heavy atom. The number of rotatable bonds is 0. The molecule has 2 nitrogen and oxygen atoms in total. The van der Waals surface area contributed by atoms with Crippen LogP contribution in [0, 0.1) is 6.92 Å². The van der Waals surface area contributed by atoms with Gasteiger partial charge in [0.15, 0.2) is 0 Å². The molecule has 74 valence electrons. The molecule has 0 amide bonds. The van der Waals surface area contributed by atoms with E-state index in [0.717, 1.165) is 21.8 Å². The van der Waals surface area contributed by atoms with Gasteiger partial charge in [-0.15, -0.1) is 0 Å². The number of halogens is 1. The van der Waals surface area contributed by atoms with Crippen LogP contribution in [0.1, 0.15) is 5.56 Å². The minimum atomic E-state index is 0.696. The Morgan fingerprint density at radius 2 is 2.13 bits per heavy atom. The molecule has 3 heteroatoms. The Morgan fingerprint density at radius 3 is 3.00 bits per heavy atom. The van der Waals surface area contributed by atoms with Gasteiger partial charge in [-0.1, -0.05) is 23.7 Å².